The lowest BCUT2D eigenvalue weighted by Gasteiger charge is -2.17. The summed E-state index contributed by atoms with van der Waals surface area (Å²) in [7, 11) is 0. The number of nitrogens with one attached hydrogen (secondary N) is 1. The lowest BCUT2D eigenvalue weighted by atomic mass is 9.92. The van der Waals surface area contributed by atoms with Crippen molar-refractivity contribution in [3.63, 3.8) is 0 Å². The van der Waals surface area contributed by atoms with Crippen LogP contribution in [0.15, 0.2) is 24.3 Å². The molecule has 0 saturated heterocycles. The fourth-order valence-electron chi connectivity index (χ4n) is 1.24. The van der Waals surface area contributed by atoms with Crippen LogP contribution in [-0.4, -0.2) is 5.91 Å². The van der Waals surface area contributed by atoms with Crippen molar-refractivity contribution in [1.82, 2.24) is 0 Å². The Morgan fingerprint density at radius 3 is 2.47 bits per heavy atom. The number of anilines is 1. The van der Waals surface area contributed by atoms with Gasteiger partial charge < -0.3 is 5.32 Å². The van der Waals surface area contributed by atoms with Crippen LogP contribution in [-0.2, 0) is 4.79 Å². The van der Waals surface area contributed by atoms with Crippen LogP contribution >= 0.6 is 11.6 Å². The Hall–Kier alpha value is -1.02. The summed E-state index contributed by atoms with van der Waals surface area (Å²) in [6.07, 6.45) is 0.484. The molecule has 0 aliphatic carbocycles. The molecule has 3 heteroatoms. The van der Waals surface area contributed by atoms with Gasteiger partial charge in [-0.3, -0.25) is 4.79 Å². The molecule has 0 fully saturated rings. The zero-order valence-corrected chi connectivity index (χ0v) is 10.1. The summed E-state index contributed by atoms with van der Waals surface area (Å²) in [5.41, 5.74) is 0.666. The summed E-state index contributed by atoms with van der Waals surface area (Å²) in [5, 5.41) is 3.37. The average Bonchev–Trinajstić information content (AvgIpc) is 2.05. The molecule has 15 heavy (non-hydrogen) atoms. The van der Waals surface area contributed by atoms with Gasteiger partial charge in [-0.2, -0.15) is 0 Å². The Morgan fingerprint density at radius 1 is 1.33 bits per heavy atom. The molecule has 0 spiro atoms. The third-order valence-electron chi connectivity index (χ3n) is 1.84. The standard InChI is InChI=1S/C12H16ClNO/c1-12(2,3)8-11(15)14-10-7-5-4-6-9(10)13/h4-7H,8H2,1-3H3,(H,14,15). The maximum absolute atomic E-state index is 11.6. The van der Waals surface area contributed by atoms with Crippen molar-refractivity contribution in [3.05, 3.63) is 29.3 Å². The predicted molar refractivity (Wildman–Crippen MR) is 64.2 cm³/mol. The third kappa shape index (κ3) is 4.34. The minimum Gasteiger partial charge on any atom is -0.325 e. The summed E-state index contributed by atoms with van der Waals surface area (Å²) in [4.78, 5) is 11.6. The number of carbonyl (C=O) groups excluding carboxylic acids is 1. The van der Waals surface area contributed by atoms with Gasteiger partial charge in [0.1, 0.15) is 0 Å². The van der Waals surface area contributed by atoms with Gasteiger partial charge in [0.05, 0.1) is 10.7 Å². The van der Waals surface area contributed by atoms with Crippen LogP contribution in [0, 0.1) is 5.41 Å². The Morgan fingerprint density at radius 2 is 1.93 bits per heavy atom. The summed E-state index contributed by atoms with van der Waals surface area (Å²) < 4.78 is 0. The average molecular weight is 226 g/mol. The SMILES string of the molecule is CC(C)(C)CC(=O)Nc1ccccc1Cl. The molecule has 1 aromatic carbocycles. The number of benzene rings is 1. The van der Waals surface area contributed by atoms with E-state index in [1.54, 1.807) is 12.1 Å². The van der Waals surface area contributed by atoms with Crippen LogP contribution in [0.25, 0.3) is 0 Å². The molecule has 0 aromatic heterocycles. The third-order valence-corrected chi connectivity index (χ3v) is 2.17. The highest BCUT2D eigenvalue weighted by Gasteiger charge is 2.16. The second kappa shape index (κ2) is 4.67. The molecule has 0 unspecified atom stereocenters. The van der Waals surface area contributed by atoms with Crippen LogP contribution in [0.4, 0.5) is 5.69 Å². The molecule has 0 aliphatic heterocycles. The predicted octanol–water partition coefficient (Wildman–Crippen LogP) is 3.71. The maximum atomic E-state index is 11.6. The number of amides is 1. The minimum absolute atomic E-state index is 0.00407. The van der Waals surface area contributed by atoms with Crippen molar-refractivity contribution in [3.8, 4) is 0 Å². The van der Waals surface area contributed by atoms with Gasteiger partial charge in [0.25, 0.3) is 0 Å². The van der Waals surface area contributed by atoms with Gasteiger partial charge in [-0.1, -0.05) is 44.5 Å². The van der Waals surface area contributed by atoms with Gasteiger partial charge in [0.2, 0.25) is 5.91 Å². The number of hydrogen-bond donors (Lipinski definition) is 1. The summed E-state index contributed by atoms with van der Waals surface area (Å²) in [6, 6.07) is 7.23. The fourth-order valence-corrected chi connectivity index (χ4v) is 1.42. The van der Waals surface area contributed by atoms with Gasteiger partial charge in [0, 0.05) is 6.42 Å². The first-order chi connectivity index (χ1) is 6.88. The highest BCUT2D eigenvalue weighted by atomic mass is 35.5. The molecule has 82 valence electrons. The second-order valence-corrected chi connectivity index (χ2v) is 5.17. The summed E-state index contributed by atoms with van der Waals surface area (Å²) in [6.45, 7) is 6.08. The van der Waals surface area contributed by atoms with E-state index in [-0.39, 0.29) is 11.3 Å². The highest BCUT2D eigenvalue weighted by Crippen LogP contribution is 2.23. The van der Waals surface area contributed by atoms with E-state index in [0.717, 1.165) is 0 Å². The van der Waals surface area contributed by atoms with Crippen LogP contribution < -0.4 is 5.32 Å². The molecule has 0 atom stereocenters. The normalized spacial score (nSPS) is 11.2. The first-order valence-electron chi connectivity index (χ1n) is 4.93. The van der Waals surface area contributed by atoms with Crippen LogP contribution in [0.5, 0.6) is 0 Å². The van der Waals surface area contributed by atoms with E-state index in [9.17, 15) is 4.79 Å². The molecule has 0 heterocycles. The zero-order chi connectivity index (χ0) is 11.5. The van der Waals surface area contributed by atoms with Crippen molar-refractivity contribution in [2.24, 2.45) is 5.41 Å². The van der Waals surface area contributed by atoms with E-state index in [1.165, 1.54) is 0 Å². The van der Waals surface area contributed by atoms with E-state index in [0.29, 0.717) is 17.1 Å². The van der Waals surface area contributed by atoms with E-state index in [1.807, 2.05) is 32.9 Å². The summed E-state index contributed by atoms with van der Waals surface area (Å²) >= 11 is 5.92. The smallest absolute Gasteiger partial charge is 0.224 e. The number of hydrogen-bond acceptors (Lipinski definition) is 1. The van der Waals surface area contributed by atoms with E-state index < -0.39 is 0 Å². The number of para-hydroxylation sites is 1. The van der Waals surface area contributed by atoms with Crippen LogP contribution in [0.3, 0.4) is 0 Å². The Kier molecular flexibility index (Phi) is 3.75. The number of rotatable bonds is 2. The monoisotopic (exact) mass is 225 g/mol. The zero-order valence-electron chi connectivity index (χ0n) is 9.30. The van der Waals surface area contributed by atoms with E-state index >= 15 is 0 Å². The van der Waals surface area contributed by atoms with Gasteiger partial charge in [-0.15, -0.1) is 0 Å². The summed E-state index contributed by atoms with van der Waals surface area (Å²) in [5.74, 6) is -0.00407. The molecule has 1 aromatic rings. The largest absolute Gasteiger partial charge is 0.325 e. The highest BCUT2D eigenvalue weighted by molar-refractivity contribution is 6.33. The second-order valence-electron chi connectivity index (χ2n) is 4.77. The Labute approximate surface area is 95.6 Å². The van der Waals surface area contributed by atoms with E-state index in [2.05, 4.69) is 5.32 Å². The molecule has 0 aliphatic rings. The molecule has 2 nitrogen and oxygen atoms in total. The van der Waals surface area contributed by atoms with Crippen molar-refractivity contribution in [1.29, 1.82) is 0 Å². The van der Waals surface area contributed by atoms with Gasteiger partial charge in [0.15, 0.2) is 0 Å². The van der Waals surface area contributed by atoms with Crippen molar-refractivity contribution < 1.29 is 4.79 Å². The maximum Gasteiger partial charge on any atom is 0.224 e. The lowest BCUT2D eigenvalue weighted by Crippen LogP contribution is -2.19. The molecular formula is C12H16ClNO. The molecule has 1 amide bonds. The first kappa shape index (κ1) is 12.1. The first-order valence-corrected chi connectivity index (χ1v) is 5.31. The topological polar surface area (TPSA) is 29.1 Å². The minimum atomic E-state index is -0.00859. The molecule has 0 bridgehead atoms. The quantitative estimate of drug-likeness (QED) is 0.817. The number of carbonyl (C=O) groups is 1. The Bertz CT molecular complexity index is 355. The number of halogens is 1. The molecule has 1 N–H and O–H groups in total. The van der Waals surface area contributed by atoms with Gasteiger partial charge in [-0.25, -0.2) is 0 Å². The van der Waals surface area contributed by atoms with E-state index in [4.69, 9.17) is 11.6 Å². The van der Waals surface area contributed by atoms with Gasteiger partial charge >= 0.3 is 0 Å². The molecule has 1 rings (SSSR count). The van der Waals surface area contributed by atoms with Crippen molar-refractivity contribution >= 4 is 23.2 Å². The van der Waals surface area contributed by atoms with Crippen LogP contribution in [0.1, 0.15) is 27.2 Å². The lowest BCUT2D eigenvalue weighted by molar-refractivity contribution is -0.117. The fraction of sp³-hybridized carbons (Fsp3) is 0.417. The molecule has 0 saturated carbocycles. The van der Waals surface area contributed by atoms with Gasteiger partial charge in [-0.05, 0) is 17.5 Å². The van der Waals surface area contributed by atoms with Crippen LogP contribution in [0.2, 0.25) is 5.02 Å². The van der Waals surface area contributed by atoms with Crippen molar-refractivity contribution in [2.75, 3.05) is 5.32 Å². The molecular weight excluding hydrogens is 210 g/mol. The molecule has 0 radical (unpaired) electrons. The Balaban J connectivity index is 2.64. The van der Waals surface area contributed by atoms with Crippen molar-refractivity contribution in [2.45, 2.75) is 27.2 Å².